The largest absolute Gasteiger partial charge is 0.459 e. The molecule has 146 valence electrons. The summed E-state index contributed by atoms with van der Waals surface area (Å²) in [6, 6.07) is 0. The highest BCUT2D eigenvalue weighted by molar-refractivity contribution is 5.78. The second-order valence-electron chi connectivity index (χ2n) is 6.88. The summed E-state index contributed by atoms with van der Waals surface area (Å²) >= 11 is 0. The fourth-order valence-corrected chi connectivity index (χ4v) is 2.87. The van der Waals surface area contributed by atoms with Crippen molar-refractivity contribution in [3.05, 3.63) is 25.3 Å². The SMILES string of the molecule is C=CCOC(=O)[C@H]1OC(C)(C)O[C@@H]1[C@@H]1OC(C)(C)O[C@H]1C(=O)OCC=C. The number of ether oxygens (including phenoxy) is 6. The third-order valence-electron chi connectivity index (χ3n) is 3.73. The summed E-state index contributed by atoms with van der Waals surface area (Å²) in [5, 5.41) is 0. The minimum absolute atomic E-state index is 0.0319. The standard InChI is InChI=1S/C18H26O8/c1-7-9-21-15(19)13-11(23-17(3,4)25-13)12-14(16(20)22-10-8-2)26-18(5,6)24-12/h7-8,11-14H,1-2,9-10H2,3-6H3/t11-,12+,13+,14-. The Morgan fingerprint density at radius 2 is 1.15 bits per heavy atom. The van der Waals surface area contributed by atoms with E-state index in [0.29, 0.717) is 0 Å². The van der Waals surface area contributed by atoms with Gasteiger partial charge in [-0.15, -0.1) is 0 Å². The summed E-state index contributed by atoms with van der Waals surface area (Å²) in [7, 11) is 0. The zero-order valence-electron chi connectivity index (χ0n) is 15.6. The lowest BCUT2D eigenvalue weighted by Crippen LogP contribution is -2.48. The average Bonchev–Trinajstić information content (AvgIpc) is 3.06. The lowest BCUT2D eigenvalue weighted by Gasteiger charge is -2.24. The minimum Gasteiger partial charge on any atom is -0.459 e. The summed E-state index contributed by atoms with van der Waals surface area (Å²) in [5.41, 5.74) is 0. The van der Waals surface area contributed by atoms with Gasteiger partial charge in [-0.05, 0) is 27.7 Å². The molecule has 26 heavy (non-hydrogen) atoms. The van der Waals surface area contributed by atoms with Crippen molar-refractivity contribution in [1.82, 2.24) is 0 Å². The fraction of sp³-hybridized carbons (Fsp3) is 0.667. The van der Waals surface area contributed by atoms with E-state index in [-0.39, 0.29) is 13.2 Å². The van der Waals surface area contributed by atoms with Crippen LogP contribution < -0.4 is 0 Å². The van der Waals surface area contributed by atoms with Gasteiger partial charge in [0.2, 0.25) is 0 Å². The summed E-state index contributed by atoms with van der Waals surface area (Å²) in [6.07, 6.45) is -1.09. The van der Waals surface area contributed by atoms with Gasteiger partial charge in [-0.2, -0.15) is 0 Å². The van der Waals surface area contributed by atoms with Crippen molar-refractivity contribution < 1.29 is 38.0 Å². The fourth-order valence-electron chi connectivity index (χ4n) is 2.87. The Morgan fingerprint density at radius 1 is 0.808 bits per heavy atom. The van der Waals surface area contributed by atoms with Gasteiger partial charge in [-0.1, -0.05) is 25.3 Å². The quantitative estimate of drug-likeness (QED) is 0.492. The molecule has 2 aliphatic heterocycles. The average molecular weight is 370 g/mol. The zero-order chi connectivity index (χ0) is 19.5. The van der Waals surface area contributed by atoms with E-state index < -0.39 is 47.9 Å². The van der Waals surface area contributed by atoms with Crippen molar-refractivity contribution in [3.63, 3.8) is 0 Å². The summed E-state index contributed by atoms with van der Waals surface area (Å²) < 4.78 is 33.2. The molecule has 0 aliphatic carbocycles. The molecule has 0 aromatic rings. The lowest BCUT2D eigenvalue weighted by molar-refractivity contribution is -0.177. The van der Waals surface area contributed by atoms with Gasteiger partial charge in [0, 0.05) is 0 Å². The number of hydrogen-bond acceptors (Lipinski definition) is 8. The molecule has 0 aromatic carbocycles. The Labute approximate surface area is 153 Å². The number of hydrogen-bond donors (Lipinski definition) is 0. The molecule has 0 N–H and O–H groups in total. The Hall–Kier alpha value is -1.74. The molecular formula is C18H26O8. The molecule has 0 spiro atoms. The highest BCUT2D eigenvalue weighted by Crippen LogP contribution is 2.39. The lowest BCUT2D eigenvalue weighted by atomic mass is 10.0. The van der Waals surface area contributed by atoms with E-state index in [9.17, 15) is 9.59 Å². The first kappa shape index (κ1) is 20.6. The second kappa shape index (κ2) is 7.87. The molecular weight excluding hydrogens is 344 g/mol. The predicted octanol–water partition coefficient (Wildman–Crippen LogP) is 1.48. The molecule has 0 bridgehead atoms. The maximum atomic E-state index is 12.4. The van der Waals surface area contributed by atoms with E-state index in [1.165, 1.54) is 12.2 Å². The van der Waals surface area contributed by atoms with E-state index in [1.807, 2.05) is 0 Å². The van der Waals surface area contributed by atoms with Crippen LogP contribution in [-0.2, 0) is 38.0 Å². The maximum Gasteiger partial charge on any atom is 0.338 e. The van der Waals surface area contributed by atoms with Gasteiger partial charge < -0.3 is 28.4 Å². The molecule has 8 heteroatoms. The summed E-state index contributed by atoms with van der Waals surface area (Å²) in [6.45, 7) is 13.7. The minimum atomic E-state index is -1.08. The maximum absolute atomic E-state index is 12.4. The Morgan fingerprint density at radius 3 is 1.46 bits per heavy atom. The highest BCUT2D eigenvalue weighted by atomic mass is 16.8. The van der Waals surface area contributed by atoms with Crippen LogP contribution in [0, 0.1) is 0 Å². The van der Waals surface area contributed by atoms with E-state index in [1.54, 1.807) is 27.7 Å². The van der Waals surface area contributed by atoms with Gasteiger partial charge >= 0.3 is 11.9 Å². The molecule has 2 heterocycles. The molecule has 2 fully saturated rings. The van der Waals surface area contributed by atoms with Crippen molar-refractivity contribution in [1.29, 1.82) is 0 Å². The van der Waals surface area contributed by atoms with Crippen LogP contribution in [0.3, 0.4) is 0 Å². The molecule has 0 amide bonds. The molecule has 2 saturated heterocycles. The molecule has 0 radical (unpaired) electrons. The van der Waals surface area contributed by atoms with E-state index >= 15 is 0 Å². The van der Waals surface area contributed by atoms with Crippen LogP contribution in [0.15, 0.2) is 25.3 Å². The molecule has 8 nitrogen and oxygen atoms in total. The topological polar surface area (TPSA) is 89.5 Å². The van der Waals surface area contributed by atoms with Gasteiger partial charge in [0.25, 0.3) is 0 Å². The molecule has 2 rings (SSSR count). The highest BCUT2D eigenvalue weighted by Gasteiger charge is 2.58. The van der Waals surface area contributed by atoms with E-state index in [4.69, 9.17) is 28.4 Å². The van der Waals surface area contributed by atoms with E-state index in [0.717, 1.165) is 0 Å². The van der Waals surface area contributed by atoms with Gasteiger partial charge in [-0.25, -0.2) is 9.59 Å². The van der Waals surface area contributed by atoms with Crippen LogP contribution >= 0.6 is 0 Å². The normalized spacial score (nSPS) is 32.0. The number of esters is 2. The van der Waals surface area contributed by atoms with Crippen molar-refractivity contribution in [3.8, 4) is 0 Å². The van der Waals surface area contributed by atoms with Crippen LogP contribution in [0.25, 0.3) is 0 Å². The van der Waals surface area contributed by atoms with Crippen molar-refractivity contribution in [2.75, 3.05) is 13.2 Å². The molecule has 4 atom stereocenters. The van der Waals surface area contributed by atoms with Crippen LogP contribution in [0.1, 0.15) is 27.7 Å². The Kier molecular flexibility index (Phi) is 6.23. The van der Waals surface area contributed by atoms with Gasteiger partial charge in [0.05, 0.1) is 0 Å². The third-order valence-corrected chi connectivity index (χ3v) is 3.73. The summed E-state index contributed by atoms with van der Waals surface area (Å²) in [4.78, 5) is 24.7. The predicted molar refractivity (Wildman–Crippen MR) is 90.0 cm³/mol. The van der Waals surface area contributed by atoms with Crippen LogP contribution in [0.5, 0.6) is 0 Å². The molecule has 0 unspecified atom stereocenters. The monoisotopic (exact) mass is 370 g/mol. The van der Waals surface area contributed by atoms with Crippen LogP contribution in [0.2, 0.25) is 0 Å². The van der Waals surface area contributed by atoms with Gasteiger partial charge in [0.15, 0.2) is 23.8 Å². The smallest absolute Gasteiger partial charge is 0.338 e. The van der Waals surface area contributed by atoms with Gasteiger partial charge in [-0.3, -0.25) is 0 Å². The molecule has 0 saturated carbocycles. The van der Waals surface area contributed by atoms with Crippen LogP contribution in [0.4, 0.5) is 0 Å². The Balaban J connectivity index is 2.24. The first-order chi connectivity index (χ1) is 12.1. The molecule has 2 aliphatic rings. The number of carbonyl (C=O) groups excluding carboxylic acids is 2. The van der Waals surface area contributed by atoms with E-state index in [2.05, 4.69) is 13.2 Å². The van der Waals surface area contributed by atoms with Gasteiger partial charge in [0.1, 0.15) is 25.4 Å². The number of rotatable bonds is 7. The second-order valence-corrected chi connectivity index (χ2v) is 6.88. The van der Waals surface area contributed by atoms with Crippen molar-refractivity contribution in [2.24, 2.45) is 0 Å². The first-order valence-electron chi connectivity index (χ1n) is 8.36. The first-order valence-corrected chi connectivity index (χ1v) is 8.36. The zero-order valence-corrected chi connectivity index (χ0v) is 15.6. The number of carbonyl (C=O) groups is 2. The molecule has 0 aromatic heterocycles. The van der Waals surface area contributed by atoms with Crippen molar-refractivity contribution >= 4 is 11.9 Å². The third kappa shape index (κ3) is 4.70. The summed E-state index contributed by atoms with van der Waals surface area (Å²) in [5.74, 6) is -3.39. The van der Waals surface area contributed by atoms with Crippen LogP contribution in [-0.4, -0.2) is 61.1 Å². The Bertz CT molecular complexity index is 518. The van der Waals surface area contributed by atoms with Crippen molar-refractivity contribution in [2.45, 2.75) is 63.7 Å².